The Bertz CT molecular complexity index is 962. The predicted molar refractivity (Wildman–Crippen MR) is 128 cm³/mol. The topological polar surface area (TPSA) is 12.5 Å². The standard InChI is InChI=1S/C29H33NO/c1-31-26-16-12-22(13-17-26)18-20-30-19-6-9-25(21-30)29-27-10-4-2-7-23(27)14-15-24-8-3-5-11-28(24)29/h2-5,7-8,10-13,16-17,25,29H,6,9,14-15,18-21H2,1H3/t25-/m0/s1. The number of nitrogens with zero attached hydrogens (tertiary/aromatic N) is 1. The molecule has 1 atom stereocenters. The second-order valence-corrected chi connectivity index (χ2v) is 9.18. The molecular weight excluding hydrogens is 378 g/mol. The van der Waals surface area contributed by atoms with E-state index in [9.17, 15) is 0 Å². The van der Waals surface area contributed by atoms with Gasteiger partial charge in [-0.15, -0.1) is 0 Å². The second kappa shape index (κ2) is 9.28. The Hall–Kier alpha value is -2.58. The van der Waals surface area contributed by atoms with E-state index in [1.54, 1.807) is 29.4 Å². The smallest absolute Gasteiger partial charge is 0.118 e. The number of hydrogen-bond donors (Lipinski definition) is 0. The van der Waals surface area contributed by atoms with E-state index in [-0.39, 0.29) is 0 Å². The van der Waals surface area contributed by atoms with Gasteiger partial charge in [0.15, 0.2) is 0 Å². The van der Waals surface area contributed by atoms with Gasteiger partial charge in [-0.05, 0) is 84.5 Å². The second-order valence-electron chi connectivity index (χ2n) is 9.18. The van der Waals surface area contributed by atoms with Gasteiger partial charge in [-0.3, -0.25) is 0 Å². The lowest BCUT2D eigenvalue weighted by Crippen LogP contribution is -2.39. The first kappa shape index (κ1) is 20.3. The number of methoxy groups -OCH3 is 1. The summed E-state index contributed by atoms with van der Waals surface area (Å²) in [6, 6.07) is 27.0. The van der Waals surface area contributed by atoms with Gasteiger partial charge in [0.1, 0.15) is 5.75 Å². The Morgan fingerprint density at radius 2 is 1.48 bits per heavy atom. The van der Waals surface area contributed by atoms with Crippen LogP contribution < -0.4 is 4.74 Å². The molecule has 0 amide bonds. The summed E-state index contributed by atoms with van der Waals surface area (Å²) < 4.78 is 5.30. The van der Waals surface area contributed by atoms with Gasteiger partial charge in [-0.2, -0.15) is 0 Å². The molecule has 2 aliphatic rings. The van der Waals surface area contributed by atoms with Crippen LogP contribution in [0.5, 0.6) is 5.75 Å². The quantitative estimate of drug-likeness (QED) is 0.520. The number of piperidine rings is 1. The van der Waals surface area contributed by atoms with E-state index in [1.807, 2.05) is 0 Å². The van der Waals surface area contributed by atoms with Gasteiger partial charge < -0.3 is 9.64 Å². The lowest BCUT2D eigenvalue weighted by atomic mass is 9.75. The van der Waals surface area contributed by atoms with E-state index in [4.69, 9.17) is 4.74 Å². The maximum atomic E-state index is 5.30. The van der Waals surface area contributed by atoms with E-state index >= 15 is 0 Å². The highest BCUT2D eigenvalue weighted by Gasteiger charge is 2.33. The molecule has 0 N–H and O–H groups in total. The van der Waals surface area contributed by atoms with Crippen molar-refractivity contribution in [3.05, 3.63) is 101 Å². The monoisotopic (exact) mass is 411 g/mol. The van der Waals surface area contributed by atoms with Gasteiger partial charge in [0.25, 0.3) is 0 Å². The lowest BCUT2D eigenvalue weighted by Gasteiger charge is -2.38. The van der Waals surface area contributed by atoms with Crippen molar-refractivity contribution >= 4 is 0 Å². The van der Waals surface area contributed by atoms with E-state index in [1.165, 1.54) is 31.5 Å². The fourth-order valence-corrected chi connectivity index (χ4v) is 5.72. The van der Waals surface area contributed by atoms with Crippen LogP contribution in [0.15, 0.2) is 72.8 Å². The molecule has 3 aromatic carbocycles. The first-order valence-corrected chi connectivity index (χ1v) is 11.8. The molecule has 2 heteroatoms. The molecule has 0 bridgehead atoms. The minimum atomic E-state index is 0.527. The Morgan fingerprint density at radius 3 is 2.13 bits per heavy atom. The minimum absolute atomic E-state index is 0.527. The van der Waals surface area contributed by atoms with Crippen molar-refractivity contribution in [3.8, 4) is 5.75 Å². The van der Waals surface area contributed by atoms with Gasteiger partial charge in [-0.1, -0.05) is 60.7 Å². The highest BCUT2D eigenvalue weighted by atomic mass is 16.5. The third-order valence-corrected chi connectivity index (χ3v) is 7.33. The van der Waals surface area contributed by atoms with E-state index < -0.39 is 0 Å². The summed E-state index contributed by atoms with van der Waals surface area (Å²) in [4.78, 5) is 2.70. The van der Waals surface area contributed by atoms with Crippen molar-refractivity contribution in [2.45, 2.75) is 38.0 Å². The molecule has 0 saturated carbocycles. The molecule has 0 spiro atoms. The number of rotatable bonds is 5. The number of hydrogen-bond acceptors (Lipinski definition) is 2. The lowest BCUT2D eigenvalue weighted by molar-refractivity contribution is 0.166. The van der Waals surface area contributed by atoms with Gasteiger partial charge in [0, 0.05) is 19.0 Å². The summed E-state index contributed by atoms with van der Waals surface area (Å²) in [7, 11) is 1.73. The zero-order valence-corrected chi connectivity index (χ0v) is 18.6. The van der Waals surface area contributed by atoms with Crippen molar-refractivity contribution in [2.24, 2.45) is 5.92 Å². The summed E-state index contributed by atoms with van der Waals surface area (Å²) in [6.07, 6.45) is 6.06. The minimum Gasteiger partial charge on any atom is -0.497 e. The first-order valence-electron chi connectivity index (χ1n) is 11.8. The van der Waals surface area contributed by atoms with Gasteiger partial charge in [0.05, 0.1) is 7.11 Å². The first-order chi connectivity index (χ1) is 15.3. The largest absolute Gasteiger partial charge is 0.497 e. The molecule has 0 radical (unpaired) electrons. The molecule has 3 aromatic rings. The number of aryl methyl sites for hydroxylation is 2. The van der Waals surface area contributed by atoms with Gasteiger partial charge in [0.2, 0.25) is 0 Å². The number of ether oxygens (including phenoxy) is 1. The molecule has 1 heterocycles. The van der Waals surface area contributed by atoms with Crippen LogP contribution in [-0.4, -0.2) is 31.6 Å². The van der Waals surface area contributed by atoms with Crippen molar-refractivity contribution < 1.29 is 4.74 Å². The average Bonchev–Trinajstić information content (AvgIpc) is 3.00. The summed E-state index contributed by atoms with van der Waals surface area (Å²) in [5.41, 5.74) is 7.66. The molecule has 1 fully saturated rings. The van der Waals surface area contributed by atoms with Crippen LogP contribution in [0, 0.1) is 5.92 Å². The summed E-state index contributed by atoms with van der Waals surface area (Å²) >= 11 is 0. The molecule has 1 aliphatic carbocycles. The van der Waals surface area contributed by atoms with Crippen molar-refractivity contribution in [1.82, 2.24) is 4.90 Å². The van der Waals surface area contributed by atoms with Crippen LogP contribution in [0.1, 0.15) is 46.6 Å². The molecule has 2 nitrogen and oxygen atoms in total. The van der Waals surface area contributed by atoms with Crippen LogP contribution in [-0.2, 0) is 19.3 Å². The molecule has 5 rings (SSSR count). The Kier molecular flexibility index (Phi) is 6.08. The number of benzene rings is 3. The molecule has 160 valence electrons. The van der Waals surface area contributed by atoms with Crippen molar-refractivity contribution in [3.63, 3.8) is 0 Å². The van der Waals surface area contributed by atoms with Crippen LogP contribution in [0.2, 0.25) is 0 Å². The highest BCUT2D eigenvalue weighted by Crippen LogP contribution is 2.42. The van der Waals surface area contributed by atoms with E-state index in [0.29, 0.717) is 11.8 Å². The van der Waals surface area contributed by atoms with E-state index in [2.05, 4.69) is 77.7 Å². The number of fused-ring (bicyclic) bond motifs is 2. The van der Waals surface area contributed by atoms with Crippen LogP contribution >= 0.6 is 0 Å². The summed E-state index contributed by atoms with van der Waals surface area (Å²) in [6.45, 7) is 3.56. The fraction of sp³-hybridized carbons (Fsp3) is 0.379. The Labute approximate surface area is 186 Å². The highest BCUT2D eigenvalue weighted by molar-refractivity contribution is 5.45. The van der Waals surface area contributed by atoms with Crippen molar-refractivity contribution in [1.29, 1.82) is 0 Å². The summed E-state index contributed by atoms with van der Waals surface area (Å²) in [5, 5.41) is 0. The molecule has 0 unspecified atom stereocenters. The van der Waals surface area contributed by atoms with Crippen molar-refractivity contribution in [2.75, 3.05) is 26.7 Å². The molecule has 31 heavy (non-hydrogen) atoms. The zero-order chi connectivity index (χ0) is 21.0. The third kappa shape index (κ3) is 4.41. The Morgan fingerprint density at radius 1 is 0.839 bits per heavy atom. The zero-order valence-electron chi connectivity index (χ0n) is 18.6. The maximum Gasteiger partial charge on any atom is 0.118 e. The molecular formula is C29H33NO. The fourth-order valence-electron chi connectivity index (χ4n) is 5.72. The average molecular weight is 412 g/mol. The normalized spacial score (nSPS) is 19.3. The summed E-state index contributed by atoms with van der Waals surface area (Å²) in [5.74, 6) is 2.15. The van der Waals surface area contributed by atoms with Gasteiger partial charge >= 0.3 is 0 Å². The molecule has 0 aromatic heterocycles. The third-order valence-electron chi connectivity index (χ3n) is 7.33. The van der Waals surface area contributed by atoms with Gasteiger partial charge in [-0.25, -0.2) is 0 Å². The number of likely N-dealkylation sites (tertiary alicyclic amines) is 1. The molecule has 1 saturated heterocycles. The molecule has 1 aliphatic heterocycles. The van der Waals surface area contributed by atoms with E-state index in [0.717, 1.165) is 31.6 Å². The maximum absolute atomic E-state index is 5.30. The SMILES string of the molecule is COc1ccc(CCN2CCC[C@H](C3c4ccccc4CCc4ccccc43)C2)cc1. The predicted octanol–water partition coefficient (Wildman–Crippen LogP) is 5.88. The van der Waals surface area contributed by atoms with Crippen LogP contribution in [0.25, 0.3) is 0 Å². The Balaban J connectivity index is 1.36. The van der Waals surface area contributed by atoms with Crippen LogP contribution in [0.4, 0.5) is 0 Å². The van der Waals surface area contributed by atoms with Crippen LogP contribution in [0.3, 0.4) is 0 Å².